The standard InChI is InChI=1S/C16H14ClF2N3O/c17-12-5-10(3-4-13(12)18)22-16(23)11-6-15(21-8-14(11)19)20-7-9-1-2-9/h3-6,8-9H,1-2,7H2,(H,20,21)(H,22,23). The van der Waals surface area contributed by atoms with Gasteiger partial charge in [0.2, 0.25) is 0 Å². The van der Waals surface area contributed by atoms with Gasteiger partial charge in [-0.25, -0.2) is 13.8 Å². The average Bonchev–Trinajstić information content (AvgIpc) is 3.34. The van der Waals surface area contributed by atoms with Gasteiger partial charge in [-0.3, -0.25) is 4.79 Å². The lowest BCUT2D eigenvalue weighted by Gasteiger charge is -2.09. The second-order valence-corrected chi connectivity index (χ2v) is 5.86. The van der Waals surface area contributed by atoms with Gasteiger partial charge in [0, 0.05) is 12.2 Å². The summed E-state index contributed by atoms with van der Waals surface area (Å²) in [6.45, 7) is 0.757. The Labute approximate surface area is 136 Å². The van der Waals surface area contributed by atoms with Crippen molar-refractivity contribution in [2.75, 3.05) is 17.2 Å². The number of hydrogen-bond donors (Lipinski definition) is 2. The zero-order valence-corrected chi connectivity index (χ0v) is 12.8. The molecule has 1 saturated carbocycles. The number of nitrogens with zero attached hydrogens (tertiary/aromatic N) is 1. The molecule has 0 aliphatic heterocycles. The number of hydrogen-bond acceptors (Lipinski definition) is 3. The SMILES string of the molecule is O=C(Nc1ccc(F)c(Cl)c1)c1cc(NCC2CC2)ncc1F. The molecule has 0 bridgehead atoms. The number of benzene rings is 1. The smallest absolute Gasteiger partial charge is 0.258 e. The van der Waals surface area contributed by atoms with Crippen molar-refractivity contribution in [2.45, 2.75) is 12.8 Å². The molecule has 3 rings (SSSR count). The van der Waals surface area contributed by atoms with E-state index in [4.69, 9.17) is 11.6 Å². The third-order valence-corrected chi connectivity index (χ3v) is 3.84. The monoisotopic (exact) mass is 337 g/mol. The molecule has 0 spiro atoms. The van der Waals surface area contributed by atoms with Gasteiger partial charge in [0.25, 0.3) is 5.91 Å². The van der Waals surface area contributed by atoms with E-state index in [1.165, 1.54) is 31.0 Å². The van der Waals surface area contributed by atoms with Crippen LogP contribution in [0.1, 0.15) is 23.2 Å². The molecule has 2 N–H and O–H groups in total. The quantitative estimate of drug-likeness (QED) is 0.864. The Morgan fingerprint density at radius 3 is 2.74 bits per heavy atom. The van der Waals surface area contributed by atoms with Gasteiger partial charge in [-0.1, -0.05) is 11.6 Å². The first kappa shape index (κ1) is 15.7. The number of rotatable bonds is 5. The zero-order valence-electron chi connectivity index (χ0n) is 12.1. The number of nitrogens with one attached hydrogen (secondary N) is 2. The normalized spacial score (nSPS) is 13.7. The molecule has 1 aliphatic rings. The van der Waals surface area contributed by atoms with E-state index >= 15 is 0 Å². The van der Waals surface area contributed by atoms with Crippen LogP contribution >= 0.6 is 11.6 Å². The minimum atomic E-state index is -0.729. The number of anilines is 2. The molecule has 1 amide bonds. The summed E-state index contributed by atoms with van der Waals surface area (Å²) in [6, 6.07) is 5.10. The lowest BCUT2D eigenvalue weighted by Crippen LogP contribution is -2.15. The maximum absolute atomic E-state index is 13.8. The fraction of sp³-hybridized carbons (Fsp3) is 0.250. The minimum Gasteiger partial charge on any atom is -0.370 e. The fourth-order valence-electron chi connectivity index (χ4n) is 2.05. The Bertz CT molecular complexity index is 750. The van der Waals surface area contributed by atoms with Crippen LogP contribution in [0.5, 0.6) is 0 Å². The van der Waals surface area contributed by atoms with Gasteiger partial charge in [0.15, 0.2) is 5.82 Å². The van der Waals surface area contributed by atoms with E-state index in [0.717, 1.165) is 18.8 Å². The predicted octanol–water partition coefficient (Wildman–Crippen LogP) is 4.09. The second kappa shape index (κ2) is 6.50. The van der Waals surface area contributed by atoms with Crippen LogP contribution in [0.3, 0.4) is 0 Å². The van der Waals surface area contributed by atoms with E-state index in [1.807, 2.05) is 0 Å². The van der Waals surface area contributed by atoms with Crippen LogP contribution in [-0.4, -0.2) is 17.4 Å². The Morgan fingerprint density at radius 1 is 1.26 bits per heavy atom. The molecule has 0 unspecified atom stereocenters. The van der Waals surface area contributed by atoms with Crippen molar-refractivity contribution in [3.63, 3.8) is 0 Å². The molecule has 0 atom stereocenters. The third-order valence-electron chi connectivity index (χ3n) is 3.55. The molecular weight excluding hydrogens is 324 g/mol. The molecular formula is C16H14ClF2N3O. The maximum atomic E-state index is 13.8. The van der Waals surface area contributed by atoms with Crippen molar-refractivity contribution in [1.29, 1.82) is 0 Å². The average molecular weight is 338 g/mol. The largest absolute Gasteiger partial charge is 0.370 e. The van der Waals surface area contributed by atoms with Crippen LogP contribution < -0.4 is 10.6 Å². The molecule has 0 radical (unpaired) electrons. The van der Waals surface area contributed by atoms with Crippen LogP contribution in [0.15, 0.2) is 30.5 Å². The molecule has 2 aromatic rings. The van der Waals surface area contributed by atoms with E-state index in [1.54, 1.807) is 0 Å². The first-order valence-electron chi connectivity index (χ1n) is 7.19. The summed E-state index contributed by atoms with van der Waals surface area (Å²) in [7, 11) is 0. The van der Waals surface area contributed by atoms with Crippen molar-refractivity contribution in [1.82, 2.24) is 4.98 Å². The minimum absolute atomic E-state index is 0.121. The molecule has 1 fully saturated rings. The zero-order chi connectivity index (χ0) is 16.4. The van der Waals surface area contributed by atoms with E-state index < -0.39 is 17.5 Å². The summed E-state index contributed by atoms with van der Waals surface area (Å²) in [4.78, 5) is 16.1. The van der Waals surface area contributed by atoms with Crippen LogP contribution in [-0.2, 0) is 0 Å². The second-order valence-electron chi connectivity index (χ2n) is 5.46. The lowest BCUT2D eigenvalue weighted by molar-refractivity contribution is 0.102. The van der Waals surface area contributed by atoms with Crippen molar-refractivity contribution < 1.29 is 13.6 Å². The van der Waals surface area contributed by atoms with Crippen molar-refractivity contribution in [3.8, 4) is 0 Å². The summed E-state index contributed by atoms with van der Waals surface area (Å²) in [6.07, 6.45) is 3.35. The number of amides is 1. The number of halogens is 3. The van der Waals surface area contributed by atoms with Gasteiger partial charge >= 0.3 is 0 Å². The highest BCUT2D eigenvalue weighted by atomic mass is 35.5. The highest BCUT2D eigenvalue weighted by Gasteiger charge is 2.21. The Balaban J connectivity index is 1.74. The number of pyridine rings is 1. The van der Waals surface area contributed by atoms with Crippen LogP contribution in [0, 0.1) is 17.6 Å². The molecule has 1 heterocycles. The van der Waals surface area contributed by atoms with Gasteiger partial charge < -0.3 is 10.6 Å². The fourth-order valence-corrected chi connectivity index (χ4v) is 2.23. The topological polar surface area (TPSA) is 54.0 Å². The summed E-state index contributed by atoms with van der Waals surface area (Å²) < 4.78 is 27.0. The van der Waals surface area contributed by atoms with E-state index in [0.29, 0.717) is 11.7 Å². The first-order valence-corrected chi connectivity index (χ1v) is 7.56. The predicted molar refractivity (Wildman–Crippen MR) is 84.8 cm³/mol. The molecule has 4 nitrogen and oxygen atoms in total. The lowest BCUT2D eigenvalue weighted by atomic mass is 10.2. The molecule has 7 heteroatoms. The molecule has 1 aliphatic carbocycles. The first-order chi connectivity index (χ1) is 11.0. The van der Waals surface area contributed by atoms with Gasteiger partial charge in [-0.15, -0.1) is 0 Å². The number of carbonyl (C=O) groups is 1. The van der Waals surface area contributed by atoms with Gasteiger partial charge in [0.1, 0.15) is 11.6 Å². The van der Waals surface area contributed by atoms with Gasteiger partial charge in [0.05, 0.1) is 16.8 Å². The Kier molecular flexibility index (Phi) is 4.43. The summed E-state index contributed by atoms with van der Waals surface area (Å²) in [5, 5.41) is 5.45. The third kappa shape index (κ3) is 3.96. The van der Waals surface area contributed by atoms with Crippen LogP contribution in [0.25, 0.3) is 0 Å². The highest BCUT2D eigenvalue weighted by molar-refractivity contribution is 6.31. The van der Waals surface area contributed by atoms with E-state index in [-0.39, 0.29) is 16.3 Å². The van der Waals surface area contributed by atoms with Crippen molar-refractivity contribution >= 4 is 29.0 Å². The summed E-state index contributed by atoms with van der Waals surface area (Å²) in [5.41, 5.74) is 0.142. The number of carbonyl (C=O) groups excluding carboxylic acids is 1. The molecule has 1 aromatic carbocycles. The van der Waals surface area contributed by atoms with Gasteiger partial charge in [-0.05, 0) is 43.0 Å². The number of aromatic nitrogens is 1. The van der Waals surface area contributed by atoms with Gasteiger partial charge in [-0.2, -0.15) is 0 Å². The Morgan fingerprint density at radius 2 is 2.04 bits per heavy atom. The van der Waals surface area contributed by atoms with Crippen molar-refractivity contribution in [2.24, 2.45) is 5.92 Å². The van der Waals surface area contributed by atoms with Crippen LogP contribution in [0.2, 0.25) is 5.02 Å². The molecule has 1 aromatic heterocycles. The summed E-state index contributed by atoms with van der Waals surface area (Å²) >= 11 is 5.66. The van der Waals surface area contributed by atoms with Crippen molar-refractivity contribution in [3.05, 3.63) is 52.7 Å². The highest BCUT2D eigenvalue weighted by Crippen LogP contribution is 2.29. The molecule has 0 saturated heterocycles. The Hall–Kier alpha value is -2.21. The molecule has 23 heavy (non-hydrogen) atoms. The maximum Gasteiger partial charge on any atom is 0.258 e. The summed E-state index contributed by atoms with van der Waals surface area (Å²) in [5.74, 6) is -0.901. The van der Waals surface area contributed by atoms with Crippen LogP contribution in [0.4, 0.5) is 20.3 Å². The van der Waals surface area contributed by atoms with E-state index in [9.17, 15) is 13.6 Å². The van der Waals surface area contributed by atoms with E-state index in [2.05, 4.69) is 15.6 Å². The molecule has 120 valence electrons.